The lowest BCUT2D eigenvalue weighted by atomic mass is 10.1. The topological polar surface area (TPSA) is 58.0 Å². The quantitative estimate of drug-likeness (QED) is 0.792. The van der Waals surface area contributed by atoms with E-state index in [1.54, 1.807) is 12.3 Å². The fourth-order valence-electron chi connectivity index (χ4n) is 2.91. The summed E-state index contributed by atoms with van der Waals surface area (Å²) in [4.78, 5) is 16.4. The number of esters is 1. The van der Waals surface area contributed by atoms with Crippen molar-refractivity contribution in [3.8, 4) is 0 Å². The predicted octanol–water partition coefficient (Wildman–Crippen LogP) is 0.156. The molecule has 2 aliphatic rings. The van der Waals surface area contributed by atoms with Gasteiger partial charge in [0.05, 0.1) is 19.9 Å². The van der Waals surface area contributed by atoms with Crippen molar-refractivity contribution in [1.82, 2.24) is 15.1 Å². The average molecular weight is 279 g/mol. The summed E-state index contributed by atoms with van der Waals surface area (Å²) in [7, 11) is 1.39. The van der Waals surface area contributed by atoms with Gasteiger partial charge >= 0.3 is 5.97 Å². The lowest BCUT2D eigenvalue weighted by Gasteiger charge is -2.46. The van der Waals surface area contributed by atoms with Gasteiger partial charge in [-0.2, -0.15) is 0 Å². The van der Waals surface area contributed by atoms with Crippen molar-refractivity contribution < 1.29 is 13.9 Å². The smallest absolute Gasteiger partial charge is 0.341 e. The molecule has 1 N–H and O–H groups in total. The van der Waals surface area contributed by atoms with Crippen LogP contribution in [0, 0.1) is 0 Å². The molecule has 2 saturated heterocycles. The molecule has 3 heterocycles. The molecule has 110 valence electrons. The zero-order valence-corrected chi connectivity index (χ0v) is 11.8. The van der Waals surface area contributed by atoms with Gasteiger partial charge in [0.25, 0.3) is 0 Å². The van der Waals surface area contributed by atoms with Crippen LogP contribution in [0.4, 0.5) is 0 Å². The molecular weight excluding hydrogens is 258 g/mol. The SMILES string of the molecule is COC(=O)c1ccoc1CN1CC(N2CCNCC2)C1. The second kappa shape index (κ2) is 5.95. The van der Waals surface area contributed by atoms with Gasteiger partial charge < -0.3 is 14.5 Å². The number of hydrogen-bond acceptors (Lipinski definition) is 6. The number of ether oxygens (including phenoxy) is 1. The number of furan rings is 1. The lowest BCUT2D eigenvalue weighted by molar-refractivity contribution is 0.0181. The Morgan fingerprint density at radius 3 is 2.90 bits per heavy atom. The first-order valence-corrected chi connectivity index (χ1v) is 7.09. The summed E-state index contributed by atoms with van der Waals surface area (Å²) >= 11 is 0. The van der Waals surface area contributed by atoms with Crippen LogP contribution >= 0.6 is 0 Å². The standard InChI is InChI=1S/C14H21N3O3/c1-19-14(18)12-2-7-20-13(12)10-16-8-11(9-16)17-5-3-15-4-6-17/h2,7,11,15H,3-6,8-10H2,1H3. The van der Waals surface area contributed by atoms with Crippen molar-refractivity contribution in [1.29, 1.82) is 0 Å². The molecule has 1 aromatic heterocycles. The molecule has 2 aliphatic heterocycles. The molecule has 6 heteroatoms. The van der Waals surface area contributed by atoms with E-state index >= 15 is 0 Å². The highest BCUT2D eigenvalue weighted by atomic mass is 16.5. The first-order chi connectivity index (χ1) is 9.78. The number of likely N-dealkylation sites (tertiary alicyclic amines) is 1. The van der Waals surface area contributed by atoms with Crippen LogP contribution in [0.25, 0.3) is 0 Å². The van der Waals surface area contributed by atoms with E-state index in [-0.39, 0.29) is 5.97 Å². The Morgan fingerprint density at radius 1 is 1.45 bits per heavy atom. The van der Waals surface area contributed by atoms with Gasteiger partial charge in [-0.3, -0.25) is 9.80 Å². The van der Waals surface area contributed by atoms with E-state index in [1.807, 2.05) is 0 Å². The number of rotatable bonds is 4. The van der Waals surface area contributed by atoms with Gasteiger partial charge in [-0.1, -0.05) is 0 Å². The van der Waals surface area contributed by atoms with Crippen molar-refractivity contribution in [2.45, 2.75) is 12.6 Å². The van der Waals surface area contributed by atoms with Gasteiger partial charge in [-0.25, -0.2) is 4.79 Å². The highest BCUT2D eigenvalue weighted by Crippen LogP contribution is 2.21. The second-order valence-corrected chi connectivity index (χ2v) is 5.38. The monoisotopic (exact) mass is 279 g/mol. The zero-order chi connectivity index (χ0) is 13.9. The van der Waals surface area contributed by atoms with E-state index in [2.05, 4.69) is 15.1 Å². The minimum absolute atomic E-state index is 0.326. The van der Waals surface area contributed by atoms with Crippen LogP contribution in [0.3, 0.4) is 0 Å². The number of methoxy groups -OCH3 is 1. The van der Waals surface area contributed by atoms with Crippen LogP contribution in [0.15, 0.2) is 16.7 Å². The molecule has 2 fully saturated rings. The normalized spacial score (nSPS) is 21.6. The summed E-state index contributed by atoms with van der Waals surface area (Å²) < 4.78 is 10.2. The Bertz CT molecular complexity index is 462. The number of carbonyl (C=O) groups is 1. The fraction of sp³-hybridized carbons (Fsp3) is 0.643. The third-order valence-electron chi connectivity index (χ3n) is 4.12. The summed E-state index contributed by atoms with van der Waals surface area (Å²) in [6.45, 7) is 7.20. The lowest BCUT2D eigenvalue weighted by Crippen LogP contribution is -2.62. The van der Waals surface area contributed by atoms with Gasteiger partial charge in [0.1, 0.15) is 11.3 Å². The Kier molecular flexibility index (Phi) is 4.05. The van der Waals surface area contributed by atoms with Crippen LogP contribution in [-0.2, 0) is 11.3 Å². The molecule has 3 rings (SSSR count). The molecular formula is C14H21N3O3. The minimum Gasteiger partial charge on any atom is -0.467 e. The van der Waals surface area contributed by atoms with Crippen LogP contribution in [-0.4, -0.2) is 68.2 Å². The fourth-order valence-corrected chi connectivity index (χ4v) is 2.91. The minimum atomic E-state index is -0.326. The number of nitrogens with one attached hydrogen (secondary N) is 1. The molecule has 0 saturated carbocycles. The van der Waals surface area contributed by atoms with Crippen LogP contribution < -0.4 is 5.32 Å². The molecule has 20 heavy (non-hydrogen) atoms. The van der Waals surface area contributed by atoms with E-state index < -0.39 is 0 Å². The Morgan fingerprint density at radius 2 is 2.20 bits per heavy atom. The third kappa shape index (κ3) is 2.72. The summed E-state index contributed by atoms with van der Waals surface area (Å²) in [5.41, 5.74) is 0.540. The summed E-state index contributed by atoms with van der Waals surface area (Å²) in [5.74, 6) is 0.378. The molecule has 0 radical (unpaired) electrons. The predicted molar refractivity (Wildman–Crippen MR) is 73.6 cm³/mol. The number of carbonyl (C=O) groups excluding carboxylic acids is 1. The van der Waals surface area contributed by atoms with Gasteiger partial charge in [0.2, 0.25) is 0 Å². The average Bonchev–Trinajstić information content (AvgIpc) is 2.90. The highest BCUT2D eigenvalue weighted by molar-refractivity contribution is 5.90. The molecule has 0 atom stereocenters. The van der Waals surface area contributed by atoms with Crippen molar-refractivity contribution in [2.75, 3.05) is 46.4 Å². The molecule has 0 aromatic carbocycles. The highest BCUT2D eigenvalue weighted by Gasteiger charge is 2.33. The summed E-state index contributed by atoms with van der Waals surface area (Å²) in [6, 6.07) is 2.32. The van der Waals surface area contributed by atoms with Crippen molar-refractivity contribution >= 4 is 5.97 Å². The van der Waals surface area contributed by atoms with Gasteiger partial charge in [0.15, 0.2) is 0 Å². The van der Waals surface area contributed by atoms with E-state index in [4.69, 9.17) is 9.15 Å². The zero-order valence-electron chi connectivity index (χ0n) is 11.8. The molecule has 0 bridgehead atoms. The van der Waals surface area contributed by atoms with Crippen molar-refractivity contribution in [3.05, 3.63) is 23.7 Å². The number of piperazine rings is 1. The van der Waals surface area contributed by atoms with E-state index in [9.17, 15) is 4.79 Å². The first-order valence-electron chi connectivity index (χ1n) is 7.09. The second-order valence-electron chi connectivity index (χ2n) is 5.38. The molecule has 0 spiro atoms. The Hall–Kier alpha value is -1.37. The molecule has 6 nitrogen and oxygen atoms in total. The molecule has 1 aromatic rings. The van der Waals surface area contributed by atoms with E-state index in [0.29, 0.717) is 23.9 Å². The first kappa shape index (κ1) is 13.6. The van der Waals surface area contributed by atoms with E-state index in [1.165, 1.54) is 7.11 Å². The number of nitrogens with zero attached hydrogens (tertiary/aromatic N) is 2. The Labute approximate surface area is 118 Å². The van der Waals surface area contributed by atoms with Gasteiger partial charge in [-0.05, 0) is 6.07 Å². The maximum Gasteiger partial charge on any atom is 0.341 e. The van der Waals surface area contributed by atoms with Crippen LogP contribution in [0.5, 0.6) is 0 Å². The molecule has 0 amide bonds. The van der Waals surface area contributed by atoms with Crippen LogP contribution in [0.2, 0.25) is 0 Å². The third-order valence-corrected chi connectivity index (χ3v) is 4.12. The van der Waals surface area contributed by atoms with Crippen LogP contribution in [0.1, 0.15) is 16.1 Å². The van der Waals surface area contributed by atoms with Crippen molar-refractivity contribution in [2.24, 2.45) is 0 Å². The van der Waals surface area contributed by atoms with Gasteiger partial charge in [-0.15, -0.1) is 0 Å². The molecule has 0 unspecified atom stereocenters. The summed E-state index contributed by atoms with van der Waals surface area (Å²) in [6.07, 6.45) is 1.55. The largest absolute Gasteiger partial charge is 0.467 e. The van der Waals surface area contributed by atoms with Gasteiger partial charge in [0, 0.05) is 45.3 Å². The maximum atomic E-state index is 11.6. The van der Waals surface area contributed by atoms with Crippen molar-refractivity contribution in [3.63, 3.8) is 0 Å². The maximum absolute atomic E-state index is 11.6. The number of hydrogen-bond donors (Lipinski definition) is 1. The Balaban J connectivity index is 1.51. The van der Waals surface area contributed by atoms with E-state index in [0.717, 1.165) is 39.3 Å². The summed E-state index contributed by atoms with van der Waals surface area (Å²) in [5, 5.41) is 3.37. The molecule has 0 aliphatic carbocycles.